The van der Waals surface area contributed by atoms with Crippen molar-refractivity contribution in [1.82, 2.24) is 9.38 Å². The first kappa shape index (κ1) is 8.57. The average molecular weight is 271 g/mol. The predicted molar refractivity (Wildman–Crippen MR) is 67.1 cm³/mol. The van der Waals surface area contributed by atoms with Gasteiger partial charge in [0.1, 0.15) is 0 Å². The molecule has 2 nitrogen and oxygen atoms in total. The van der Waals surface area contributed by atoms with Gasteiger partial charge in [-0.1, -0.05) is 0 Å². The van der Waals surface area contributed by atoms with E-state index in [2.05, 4.69) is 46.9 Å². The summed E-state index contributed by atoms with van der Waals surface area (Å²) in [4.78, 5) is 4.70. The summed E-state index contributed by atoms with van der Waals surface area (Å²) >= 11 is 0.357. The van der Waals surface area contributed by atoms with Crippen LogP contribution in [-0.2, 0) is 0 Å². The Hall–Kier alpha value is -1.57. The number of para-hydroxylation sites is 3. The topological polar surface area (TPSA) is 17.3 Å². The summed E-state index contributed by atoms with van der Waals surface area (Å²) in [6.07, 6.45) is 0. The van der Waals surface area contributed by atoms with Gasteiger partial charge in [0, 0.05) is 0 Å². The molecular weight excluding hydrogens is 263 g/mol. The summed E-state index contributed by atoms with van der Waals surface area (Å²) in [6, 6.07) is 16.9. The Bertz CT molecular complexity index is 745. The molecule has 0 radical (unpaired) electrons. The van der Waals surface area contributed by atoms with Crippen LogP contribution in [0.1, 0.15) is 0 Å². The van der Waals surface area contributed by atoms with Gasteiger partial charge in [0.05, 0.1) is 0 Å². The van der Waals surface area contributed by atoms with Gasteiger partial charge in [0.25, 0.3) is 0 Å². The van der Waals surface area contributed by atoms with Crippen molar-refractivity contribution in [3.63, 3.8) is 0 Å². The van der Waals surface area contributed by atoms with Gasteiger partial charge in [0.15, 0.2) is 0 Å². The number of aromatic nitrogens is 2. The van der Waals surface area contributed by atoms with Gasteiger partial charge >= 0.3 is 97.8 Å². The second-order valence-corrected chi connectivity index (χ2v) is 5.91. The molecule has 0 aliphatic heterocycles. The third kappa shape index (κ3) is 0.993. The molecule has 0 bridgehead atoms. The van der Waals surface area contributed by atoms with Crippen LogP contribution in [0.25, 0.3) is 25.3 Å². The van der Waals surface area contributed by atoms with Crippen LogP contribution >= 0.6 is 0 Å². The molecule has 4 aromatic rings. The van der Waals surface area contributed by atoms with Crippen molar-refractivity contribution >= 4 is 39.8 Å². The summed E-state index contributed by atoms with van der Waals surface area (Å²) in [5.41, 5.74) is 3.64. The molecule has 0 fully saturated rings. The molecule has 0 aliphatic carbocycles. The van der Waals surface area contributed by atoms with Gasteiger partial charge < -0.3 is 0 Å². The van der Waals surface area contributed by atoms with Crippen molar-refractivity contribution < 1.29 is 0 Å². The molecule has 2 heterocycles. The van der Waals surface area contributed by atoms with E-state index >= 15 is 0 Å². The molecule has 0 N–H and O–H groups in total. The zero-order valence-electron chi connectivity index (χ0n) is 8.42. The molecule has 2 aromatic heterocycles. The molecule has 0 aliphatic rings. The third-order valence-electron chi connectivity index (χ3n) is 2.84. The second kappa shape index (κ2) is 2.97. The van der Waals surface area contributed by atoms with E-state index in [0.29, 0.717) is 14.5 Å². The second-order valence-electron chi connectivity index (χ2n) is 3.79. The first-order valence-electron chi connectivity index (χ1n) is 5.18. The summed E-state index contributed by atoms with van der Waals surface area (Å²) in [5.74, 6) is 0. The Morgan fingerprint density at radius 1 is 0.875 bits per heavy atom. The Labute approximate surface area is 97.9 Å². The Balaban J connectivity index is 2.38. The zero-order chi connectivity index (χ0) is 10.5. The molecule has 0 atom stereocenters. The van der Waals surface area contributed by atoms with Crippen molar-refractivity contribution in [2.45, 2.75) is 0 Å². The van der Waals surface area contributed by atoms with Gasteiger partial charge in [-0.15, -0.1) is 0 Å². The minimum atomic E-state index is 0.357. The summed E-state index contributed by atoms with van der Waals surface area (Å²) < 4.78 is 4.95. The van der Waals surface area contributed by atoms with Crippen LogP contribution in [-0.4, -0.2) is 23.9 Å². The summed E-state index contributed by atoms with van der Waals surface area (Å²) in [6.45, 7) is 0. The van der Waals surface area contributed by atoms with E-state index in [1.54, 1.807) is 0 Å². The molecule has 4 rings (SSSR count). The molecular formula is C13H8N2Se. The van der Waals surface area contributed by atoms with Crippen molar-refractivity contribution in [2.24, 2.45) is 0 Å². The van der Waals surface area contributed by atoms with Crippen LogP contribution in [0.4, 0.5) is 0 Å². The van der Waals surface area contributed by atoms with Gasteiger partial charge in [-0.25, -0.2) is 0 Å². The van der Waals surface area contributed by atoms with E-state index in [4.69, 9.17) is 4.98 Å². The predicted octanol–water partition coefficient (Wildman–Crippen LogP) is 2.70. The monoisotopic (exact) mass is 272 g/mol. The van der Waals surface area contributed by atoms with E-state index in [0.717, 1.165) is 5.52 Å². The number of hydrogen-bond acceptors (Lipinski definition) is 1. The van der Waals surface area contributed by atoms with E-state index in [9.17, 15) is 0 Å². The standard InChI is InChI=1S/C13H8N2Se/c1-2-6-10-9(5-1)14-13-15(10)11-7-3-4-8-12(11)16-13/h1-8H. The number of fused-ring (bicyclic) bond motifs is 5. The van der Waals surface area contributed by atoms with Crippen LogP contribution in [0.15, 0.2) is 48.5 Å². The first-order valence-corrected chi connectivity index (χ1v) is 6.89. The van der Waals surface area contributed by atoms with Crippen LogP contribution in [0.2, 0.25) is 0 Å². The SMILES string of the molecule is c1ccc2c(c1)nc1[se]c3ccccc3n12. The normalized spacial score (nSPS) is 11.8. The van der Waals surface area contributed by atoms with E-state index in [1.807, 2.05) is 6.07 Å². The van der Waals surface area contributed by atoms with Gasteiger partial charge in [-0.3, -0.25) is 0 Å². The van der Waals surface area contributed by atoms with Crippen molar-refractivity contribution in [3.05, 3.63) is 48.5 Å². The Morgan fingerprint density at radius 3 is 2.56 bits per heavy atom. The number of hydrogen-bond donors (Lipinski definition) is 0. The van der Waals surface area contributed by atoms with E-state index in [-0.39, 0.29) is 0 Å². The first-order chi connectivity index (χ1) is 7.93. The Kier molecular flexibility index (Phi) is 1.59. The van der Waals surface area contributed by atoms with Crippen molar-refractivity contribution in [2.75, 3.05) is 0 Å². The minimum absolute atomic E-state index is 0.357. The van der Waals surface area contributed by atoms with Gasteiger partial charge in [0.2, 0.25) is 0 Å². The van der Waals surface area contributed by atoms with Gasteiger partial charge in [-0.2, -0.15) is 0 Å². The average Bonchev–Trinajstić information content (AvgIpc) is 2.83. The fourth-order valence-corrected chi connectivity index (χ4v) is 4.31. The molecule has 0 amide bonds. The molecule has 0 saturated carbocycles. The molecule has 2 aromatic carbocycles. The van der Waals surface area contributed by atoms with Crippen LogP contribution < -0.4 is 0 Å². The molecule has 0 unspecified atom stereocenters. The Morgan fingerprint density at radius 2 is 1.62 bits per heavy atom. The van der Waals surface area contributed by atoms with Crippen molar-refractivity contribution in [1.29, 1.82) is 0 Å². The fraction of sp³-hybridized carbons (Fsp3) is 0. The summed E-state index contributed by atoms with van der Waals surface area (Å²) in [7, 11) is 0. The number of nitrogens with zero attached hydrogens (tertiary/aromatic N) is 2. The quantitative estimate of drug-likeness (QED) is 0.449. The number of imidazole rings is 1. The summed E-state index contributed by atoms with van der Waals surface area (Å²) in [5, 5.41) is 0. The molecule has 16 heavy (non-hydrogen) atoms. The van der Waals surface area contributed by atoms with Crippen LogP contribution in [0, 0.1) is 0 Å². The molecule has 0 spiro atoms. The third-order valence-corrected chi connectivity index (χ3v) is 4.98. The number of benzene rings is 2. The van der Waals surface area contributed by atoms with Crippen molar-refractivity contribution in [3.8, 4) is 0 Å². The fourth-order valence-electron chi connectivity index (χ4n) is 2.13. The van der Waals surface area contributed by atoms with Crippen LogP contribution in [0.5, 0.6) is 0 Å². The molecule has 3 heteroatoms. The zero-order valence-corrected chi connectivity index (χ0v) is 10.1. The molecule has 76 valence electrons. The maximum absolute atomic E-state index is 4.70. The van der Waals surface area contributed by atoms with E-state index in [1.165, 1.54) is 19.8 Å². The van der Waals surface area contributed by atoms with E-state index < -0.39 is 0 Å². The van der Waals surface area contributed by atoms with Gasteiger partial charge in [-0.05, 0) is 0 Å². The number of rotatable bonds is 0. The maximum atomic E-state index is 4.70. The molecule has 0 saturated heterocycles. The van der Waals surface area contributed by atoms with Crippen LogP contribution in [0.3, 0.4) is 0 Å².